The topological polar surface area (TPSA) is 51.8 Å². The predicted molar refractivity (Wildman–Crippen MR) is 175 cm³/mol. The first kappa shape index (κ1) is 25.6. The lowest BCUT2D eigenvalue weighted by Gasteiger charge is -2.15. The summed E-state index contributed by atoms with van der Waals surface area (Å²) in [5, 5.41) is 1.08. The fourth-order valence-electron chi connectivity index (χ4n) is 6.33. The van der Waals surface area contributed by atoms with E-state index in [0.29, 0.717) is 17.6 Å². The van der Waals surface area contributed by atoms with Gasteiger partial charge in [-0.1, -0.05) is 121 Å². The fraction of sp³-hybridized carbons (Fsp3) is 0.154. The molecule has 4 heteroatoms. The normalized spacial score (nSPS) is 18.8. The molecule has 8 rings (SSSR count). The number of benzene rings is 3. The molecule has 0 bridgehead atoms. The summed E-state index contributed by atoms with van der Waals surface area (Å²) in [5.74, 6) is 3.76. The molecule has 0 saturated heterocycles. The Morgan fingerprint density at radius 2 is 1.33 bits per heavy atom. The summed E-state index contributed by atoms with van der Waals surface area (Å²) in [4.78, 5) is 15.1. The van der Waals surface area contributed by atoms with Gasteiger partial charge in [-0.2, -0.15) is 0 Å². The van der Waals surface area contributed by atoms with Crippen LogP contribution >= 0.6 is 0 Å². The average molecular weight is 558 g/mol. The Morgan fingerprint density at radius 3 is 2.07 bits per heavy atom. The Morgan fingerprint density at radius 1 is 0.628 bits per heavy atom. The maximum atomic E-state index is 6.26. The standard InChI is InChI=1S/C39H31N3O/c1-3-10-26(11-4-1)27-18-20-28(21-19-27)29-22-24-31(25-23-29)38-40-37(30-12-5-2-6-13-30)41-39(42-38)33-15-9-17-35-36(33)32-14-7-8-16-34(32)43-35/h1-7,9-10,12,14-15,17-26,30H,8,11,13,16H2/t26-,30?/m1/s1. The van der Waals surface area contributed by atoms with Gasteiger partial charge in [-0.05, 0) is 42.0 Å². The Balaban J connectivity index is 1.18. The number of aromatic nitrogens is 3. The summed E-state index contributed by atoms with van der Waals surface area (Å²) in [6, 6.07) is 23.7. The second-order valence-electron chi connectivity index (χ2n) is 11.4. The molecule has 0 N–H and O–H groups in total. The van der Waals surface area contributed by atoms with Crippen LogP contribution in [0.15, 0.2) is 126 Å². The molecule has 0 spiro atoms. The molecule has 0 amide bonds. The third-order valence-electron chi connectivity index (χ3n) is 8.65. The molecule has 0 aliphatic heterocycles. The maximum absolute atomic E-state index is 6.26. The summed E-state index contributed by atoms with van der Waals surface area (Å²) in [5.41, 5.74) is 7.70. The first-order chi connectivity index (χ1) is 21.3. The molecule has 3 aliphatic rings. The van der Waals surface area contributed by atoms with E-state index in [9.17, 15) is 0 Å². The Kier molecular flexibility index (Phi) is 6.52. The van der Waals surface area contributed by atoms with E-state index in [2.05, 4.69) is 115 Å². The minimum atomic E-state index is 0.107. The van der Waals surface area contributed by atoms with Crippen LogP contribution in [0.1, 0.15) is 53.8 Å². The van der Waals surface area contributed by atoms with Gasteiger partial charge in [0.2, 0.25) is 0 Å². The molecule has 2 heterocycles. The third-order valence-corrected chi connectivity index (χ3v) is 8.65. The van der Waals surface area contributed by atoms with Crippen LogP contribution in [-0.2, 0) is 6.42 Å². The van der Waals surface area contributed by atoms with E-state index >= 15 is 0 Å². The lowest BCUT2D eigenvalue weighted by atomic mass is 9.91. The summed E-state index contributed by atoms with van der Waals surface area (Å²) < 4.78 is 6.26. The first-order valence-electron chi connectivity index (χ1n) is 15.1. The third kappa shape index (κ3) is 4.89. The second kappa shape index (κ2) is 11.0. The highest BCUT2D eigenvalue weighted by Gasteiger charge is 2.22. The van der Waals surface area contributed by atoms with Crippen molar-refractivity contribution >= 4 is 17.0 Å². The van der Waals surface area contributed by atoms with E-state index < -0.39 is 0 Å². The molecule has 3 aliphatic carbocycles. The Labute approximate surface area is 251 Å². The van der Waals surface area contributed by atoms with E-state index in [0.717, 1.165) is 64.9 Å². The molecule has 0 radical (unpaired) electrons. The molecule has 0 saturated carbocycles. The number of furan rings is 1. The summed E-state index contributed by atoms with van der Waals surface area (Å²) >= 11 is 0. The van der Waals surface area contributed by atoms with Crippen LogP contribution in [-0.4, -0.2) is 15.0 Å². The first-order valence-corrected chi connectivity index (χ1v) is 15.1. The monoisotopic (exact) mass is 557 g/mol. The molecular formula is C39H31N3O. The van der Waals surface area contributed by atoms with Crippen molar-refractivity contribution in [3.05, 3.63) is 144 Å². The largest absolute Gasteiger partial charge is 0.460 e. The van der Waals surface area contributed by atoms with Crippen molar-refractivity contribution in [3.63, 3.8) is 0 Å². The van der Waals surface area contributed by atoms with E-state index in [1.54, 1.807) is 0 Å². The van der Waals surface area contributed by atoms with Gasteiger partial charge in [0, 0.05) is 40.3 Å². The summed E-state index contributed by atoms with van der Waals surface area (Å²) in [6.07, 6.45) is 25.5. The van der Waals surface area contributed by atoms with Crippen molar-refractivity contribution in [2.75, 3.05) is 0 Å². The zero-order valence-corrected chi connectivity index (χ0v) is 23.9. The van der Waals surface area contributed by atoms with Crippen molar-refractivity contribution in [3.8, 4) is 33.9 Å². The molecule has 2 aromatic heterocycles. The number of allylic oxidation sites excluding steroid dienone is 9. The molecular weight excluding hydrogens is 526 g/mol. The smallest absolute Gasteiger partial charge is 0.164 e. The SMILES string of the molecule is C1=CCC(c2nc(-c3ccc(-c4ccc([C@@H]5C=CC=CC5)cc4)cc3)nc(-c3cccc4oc5c(c34)C=CCC5)n2)C=C1. The number of fused-ring (bicyclic) bond motifs is 3. The van der Waals surface area contributed by atoms with Gasteiger partial charge in [0.25, 0.3) is 0 Å². The zero-order valence-electron chi connectivity index (χ0n) is 23.9. The summed E-state index contributed by atoms with van der Waals surface area (Å²) in [7, 11) is 0. The number of rotatable bonds is 5. The quantitative estimate of drug-likeness (QED) is 0.216. The molecule has 43 heavy (non-hydrogen) atoms. The van der Waals surface area contributed by atoms with Crippen LogP contribution in [0, 0.1) is 0 Å². The van der Waals surface area contributed by atoms with Crippen molar-refractivity contribution in [2.45, 2.75) is 37.5 Å². The van der Waals surface area contributed by atoms with E-state index in [-0.39, 0.29) is 5.92 Å². The Hall–Kier alpha value is -5.09. The van der Waals surface area contributed by atoms with Crippen LogP contribution in [0.5, 0.6) is 0 Å². The van der Waals surface area contributed by atoms with Gasteiger partial charge in [0.1, 0.15) is 17.2 Å². The lowest BCUT2D eigenvalue weighted by molar-refractivity contribution is 0.546. The minimum Gasteiger partial charge on any atom is -0.460 e. The van der Waals surface area contributed by atoms with Crippen LogP contribution in [0.3, 0.4) is 0 Å². The summed E-state index contributed by atoms with van der Waals surface area (Å²) in [6.45, 7) is 0. The number of aryl methyl sites for hydroxylation is 1. The van der Waals surface area contributed by atoms with E-state index in [4.69, 9.17) is 19.4 Å². The van der Waals surface area contributed by atoms with Crippen LogP contribution < -0.4 is 0 Å². The second-order valence-corrected chi connectivity index (χ2v) is 11.4. The van der Waals surface area contributed by atoms with E-state index in [1.165, 1.54) is 16.7 Å². The zero-order chi connectivity index (χ0) is 28.6. The van der Waals surface area contributed by atoms with Crippen LogP contribution in [0.4, 0.5) is 0 Å². The number of hydrogen-bond acceptors (Lipinski definition) is 4. The van der Waals surface area contributed by atoms with Crippen LogP contribution in [0.25, 0.3) is 50.9 Å². The van der Waals surface area contributed by atoms with Crippen molar-refractivity contribution in [1.29, 1.82) is 0 Å². The van der Waals surface area contributed by atoms with E-state index in [1.807, 2.05) is 12.1 Å². The average Bonchev–Trinajstić information content (AvgIpc) is 3.48. The molecule has 5 aromatic rings. The number of hydrogen-bond donors (Lipinski definition) is 0. The van der Waals surface area contributed by atoms with Crippen LogP contribution in [0.2, 0.25) is 0 Å². The highest BCUT2D eigenvalue weighted by Crippen LogP contribution is 2.38. The molecule has 1 unspecified atom stereocenters. The maximum Gasteiger partial charge on any atom is 0.164 e. The highest BCUT2D eigenvalue weighted by atomic mass is 16.3. The van der Waals surface area contributed by atoms with Gasteiger partial charge in [0.15, 0.2) is 11.6 Å². The minimum absolute atomic E-state index is 0.107. The number of nitrogens with zero attached hydrogens (tertiary/aromatic N) is 3. The van der Waals surface area contributed by atoms with Gasteiger partial charge >= 0.3 is 0 Å². The van der Waals surface area contributed by atoms with Gasteiger partial charge in [0.05, 0.1) is 0 Å². The molecule has 0 fully saturated rings. The van der Waals surface area contributed by atoms with Crippen molar-refractivity contribution in [1.82, 2.24) is 15.0 Å². The lowest BCUT2D eigenvalue weighted by Crippen LogP contribution is -2.08. The molecule has 208 valence electrons. The van der Waals surface area contributed by atoms with Gasteiger partial charge in [-0.25, -0.2) is 15.0 Å². The molecule has 2 atom stereocenters. The van der Waals surface area contributed by atoms with Crippen molar-refractivity contribution < 1.29 is 4.42 Å². The predicted octanol–water partition coefficient (Wildman–Crippen LogP) is 9.78. The highest BCUT2D eigenvalue weighted by molar-refractivity contribution is 5.99. The Bertz CT molecular complexity index is 1970. The van der Waals surface area contributed by atoms with Crippen molar-refractivity contribution in [2.24, 2.45) is 0 Å². The van der Waals surface area contributed by atoms with Gasteiger partial charge in [-0.3, -0.25) is 0 Å². The molecule has 4 nitrogen and oxygen atoms in total. The van der Waals surface area contributed by atoms with Gasteiger partial charge in [-0.15, -0.1) is 0 Å². The fourth-order valence-corrected chi connectivity index (χ4v) is 6.33. The van der Waals surface area contributed by atoms with Gasteiger partial charge < -0.3 is 4.42 Å². The molecule has 3 aromatic carbocycles.